The summed E-state index contributed by atoms with van der Waals surface area (Å²) >= 11 is 0. The molecule has 1 atom stereocenters. The van der Waals surface area contributed by atoms with Gasteiger partial charge >= 0.3 is 5.97 Å². The van der Waals surface area contributed by atoms with Crippen LogP contribution in [0.15, 0.2) is 23.1 Å². The number of carboxylic acids is 1. The molecule has 8 heteroatoms. The topological polar surface area (TPSA) is 95.0 Å². The summed E-state index contributed by atoms with van der Waals surface area (Å²) in [6.45, 7) is 0.419. The molecule has 0 radical (unpaired) electrons. The van der Waals surface area contributed by atoms with Gasteiger partial charge in [0.25, 0.3) is 0 Å². The van der Waals surface area contributed by atoms with Crippen LogP contribution in [0, 0.1) is 11.8 Å². The Bertz CT molecular complexity index is 899. The summed E-state index contributed by atoms with van der Waals surface area (Å²) in [6.07, 6.45) is 4.89. The summed E-state index contributed by atoms with van der Waals surface area (Å²) in [5, 5.41) is 9.13. The van der Waals surface area contributed by atoms with Crippen molar-refractivity contribution in [1.29, 1.82) is 0 Å². The van der Waals surface area contributed by atoms with Crippen molar-refractivity contribution in [2.45, 2.75) is 49.3 Å². The normalized spacial score (nSPS) is 24.7. The molecule has 1 aromatic rings. The van der Waals surface area contributed by atoms with Crippen molar-refractivity contribution < 1.29 is 23.1 Å². The van der Waals surface area contributed by atoms with Gasteiger partial charge in [0, 0.05) is 25.8 Å². The number of anilines is 1. The average molecular weight is 407 g/mol. The van der Waals surface area contributed by atoms with Gasteiger partial charge in [0.05, 0.1) is 16.7 Å². The molecule has 2 aliphatic heterocycles. The highest BCUT2D eigenvalue weighted by Crippen LogP contribution is 2.47. The molecule has 28 heavy (non-hydrogen) atoms. The van der Waals surface area contributed by atoms with Crippen LogP contribution in [-0.2, 0) is 19.6 Å². The molecular formula is C20H26N2O5S. The van der Waals surface area contributed by atoms with E-state index >= 15 is 0 Å². The number of likely N-dealkylation sites (N-methyl/N-ethyl adjacent to an activating group) is 1. The third kappa shape index (κ3) is 3.12. The number of fused-ring (bicyclic) bond motifs is 1. The zero-order valence-electron chi connectivity index (χ0n) is 16.0. The Hall–Kier alpha value is -1.93. The predicted octanol–water partition coefficient (Wildman–Crippen LogP) is 2.42. The molecular weight excluding hydrogens is 380 g/mol. The van der Waals surface area contributed by atoms with Gasteiger partial charge in [-0.05, 0) is 55.4 Å². The van der Waals surface area contributed by atoms with Crippen LogP contribution in [0.25, 0.3) is 0 Å². The largest absolute Gasteiger partial charge is 0.481 e. The third-order valence-corrected chi connectivity index (χ3v) is 8.50. The molecule has 1 saturated carbocycles. The fraction of sp³-hybridized carbons (Fsp3) is 0.600. The van der Waals surface area contributed by atoms with Gasteiger partial charge in [0.2, 0.25) is 15.9 Å². The number of benzene rings is 1. The number of nitrogens with zero attached hydrogens (tertiary/aromatic N) is 2. The molecule has 2 fully saturated rings. The Labute approximate surface area is 165 Å². The van der Waals surface area contributed by atoms with Crippen molar-refractivity contribution in [3.8, 4) is 0 Å². The maximum atomic E-state index is 13.1. The Kier molecular flexibility index (Phi) is 4.95. The van der Waals surface area contributed by atoms with Crippen molar-refractivity contribution in [2.75, 3.05) is 25.0 Å². The highest BCUT2D eigenvalue weighted by molar-refractivity contribution is 7.89. The molecule has 1 aliphatic carbocycles. The Morgan fingerprint density at radius 2 is 1.75 bits per heavy atom. The van der Waals surface area contributed by atoms with Crippen LogP contribution in [0.1, 0.15) is 50.0 Å². The van der Waals surface area contributed by atoms with Crippen LogP contribution in [0.5, 0.6) is 0 Å². The number of carbonyl (C=O) groups excluding carboxylic acids is 1. The minimum atomic E-state index is -3.70. The third-order valence-electron chi connectivity index (χ3n) is 6.60. The molecule has 0 spiro atoms. The summed E-state index contributed by atoms with van der Waals surface area (Å²) in [6, 6.07) is 4.98. The number of rotatable bonds is 4. The van der Waals surface area contributed by atoms with E-state index in [-0.39, 0.29) is 35.7 Å². The van der Waals surface area contributed by atoms with E-state index in [0.717, 1.165) is 36.9 Å². The number of hydrogen-bond donors (Lipinski definition) is 1. The van der Waals surface area contributed by atoms with Gasteiger partial charge in [-0.3, -0.25) is 9.59 Å². The van der Waals surface area contributed by atoms with Gasteiger partial charge in [-0.15, -0.1) is 0 Å². The summed E-state index contributed by atoms with van der Waals surface area (Å²) in [5.74, 6) is -1.27. The summed E-state index contributed by atoms with van der Waals surface area (Å²) in [5.41, 5.74) is 1.62. The Balaban J connectivity index is 1.63. The van der Waals surface area contributed by atoms with Crippen molar-refractivity contribution >= 4 is 27.6 Å². The SMILES string of the molecule is CN1C(=O)[C@@H](C2CCCC2)c2cc(S(=O)(=O)N3CCC(C(=O)O)CC3)ccc21. The molecule has 0 aromatic heterocycles. The first-order valence-electron chi connectivity index (χ1n) is 9.95. The van der Waals surface area contributed by atoms with Crippen LogP contribution in [0.2, 0.25) is 0 Å². The predicted molar refractivity (Wildman–Crippen MR) is 104 cm³/mol. The van der Waals surface area contributed by atoms with E-state index in [0.29, 0.717) is 12.8 Å². The van der Waals surface area contributed by atoms with E-state index in [1.807, 2.05) is 0 Å². The molecule has 2 heterocycles. The smallest absolute Gasteiger partial charge is 0.306 e. The second-order valence-electron chi connectivity index (χ2n) is 8.16. The van der Waals surface area contributed by atoms with E-state index < -0.39 is 21.9 Å². The van der Waals surface area contributed by atoms with Gasteiger partial charge in [0.1, 0.15) is 0 Å². The molecule has 1 saturated heterocycles. The fourth-order valence-corrected chi connectivity index (χ4v) is 6.45. The molecule has 4 rings (SSSR count). The quantitative estimate of drug-likeness (QED) is 0.829. The zero-order chi connectivity index (χ0) is 20.1. The van der Waals surface area contributed by atoms with Crippen LogP contribution in [0.3, 0.4) is 0 Å². The van der Waals surface area contributed by atoms with Crippen molar-refractivity contribution in [3.63, 3.8) is 0 Å². The number of piperidine rings is 1. The molecule has 0 unspecified atom stereocenters. The van der Waals surface area contributed by atoms with Crippen LogP contribution < -0.4 is 4.90 Å². The summed E-state index contributed by atoms with van der Waals surface area (Å²) in [7, 11) is -1.95. The van der Waals surface area contributed by atoms with E-state index in [9.17, 15) is 18.0 Å². The van der Waals surface area contributed by atoms with Gasteiger partial charge in [-0.25, -0.2) is 8.42 Å². The molecule has 3 aliphatic rings. The van der Waals surface area contributed by atoms with Crippen LogP contribution >= 0.6 is 0 Å². The highest BCUT2D eigenvalue weighted by Gasteiger charge is 2.42. The first kappa shape index (κ1) is 19.4. The minimum Gasteiger partial charge on any atom is -0.481 e. The second kappa shape index (κ2) is 7.15. The monoisotopic (exact) mass is 406 g/mol. The van der Waals surface area contributed by atoms with Crippen LogP contribution in [0.4, 0.5) is 5.69 Å². The number of hydrogen-bond acceptors (Lipinski definition) is 4. The zero-order valence-corrected chi connectivity index (χ0v) is 16.8. The maximum Gasteiger partial charge on any atom is 0.306 e. The highest BCUT2D eigenvalue weighted by atomic mass is 32.2. The fourth-order valence-electron chi connectivity index (χ4n) is 4.95. The van der Waals surface area contributed by atoms with Gasteiger partial charge < -0.3 is 10.0 Å². The lowest BCUT2D eigenvalue weighted by Gasteiger charge is -2.29. The summed E-state index contributed by atoms with van der Waals surface area (Å²) < 4.78 is 27.6. The van der Waals surface area contributed by atoms with Crippen molar-refractivity contribution in [2.24, 2.45) is 11.8 Å². The molecule has 7 nitrogen and oxygen atoms in total. The molecule has 1 aromatic carbocycles. The Morgan fingerprint density at radius 1 is 1.11 bits per heavy atom. The number of aliphatic carboxylic acids is 1. The molecule has 1 N–H and O–H groups in total. The number of amides is 1. The molecule has 1 amide bonds. The maximum absolute atomic E-state index is 13.1. The standard InChI is InChI=1S/C20H26N2O5S/c1-21-17-7-6-15(12-16(17)18(19(21)23)13-4-2-3-5-13)28(26,27)22-10-8-14(9-11-22)20(24)25/h6-7,12-14,18H,2-5,8-11H2,1H3,(H,24,25)/t18-/m0/s1. The first-order valence-corrected chi connectivity index (χ1v) is 11.4. The molecule has 0 bridgehead atoms. The van der Waals surface area contributed by atoms with Gasteiger partial charge in [0.15, 0.2) is 0 Å². The Morgan fingerprint density at radius 3 is 2.36 bits per heavy atom. The lowest BCUT2D eigenvalue weighted by atomic mass is 9.86. The van der Waals surface area contributed by atoms with E-state index in [4.69, 9.17) is 5.11 Å². The lowest BCUT2D eigenvalue weighted by molar-refractivity contribution is -0.142. The van der Waals surface area contributed by atoms with E-state index in [1.165, 1.54) is 4.31 Å². The van der Waals surface area contributed by atoms with Crippen molar-refractivity contribution in [1.82, 2.24) is 4.31 Å². The second-order valence-corrected chi connectivity index (χ2v) is 10.1. The van der Waals surface area contributed by atoms with Gasteiger partial charge in [-0.2, -0.15) is 4.31 Å². The van der Waals surface area contributed by atoms with Crippen molar-refractivity contribution in [3.05, 3.63) is 23.8 Å². The lowest BCUT2D eigenvalue weighted by Crippen LogP contribution is -2.40. The number of carboxylic acid groups (broad SMARTS) is 1. The minimum absolute atomic E-state index is 0.0544. The van der Waals surface area contributed by atoms with E-state index in [2.05, 4.69) is 0 Å². The summed E-state index contributed by atoms with van der Waals surface area (Å²) in [4.78, 5) is 25.8. The van der Waals surface area contributed by atoms with Crippen LogP contribution in [-0.4, -0.2) is 49.8 Å². The first-order chi connectivity index (χ1) is 13.3. The van der Waals surface area contributed by atoms with Gasteiger partial charge in [-0.1, -0.05) is 12.8 Å². The number of carbonyl (C=O) groups is 2. The average Bonchev–Trinajstić information content (AvgIpc) is 3.29. The number of sulfonamides is 1. The van der Waals surface area contributed by atoms with E-state index in [1.54, 1.807) is 30.1 Å². The molecule has 152 valence electrons.